The van der Waals surface area contributed by atoms with Crippen LogP contribution in [0, 0.1) is 10.1 Å². The van der Waals surface area contributed by atoms with Gasteiger partial charge in [-0.05, 0) is 49.2 Å². The van der Waals surface area contributed by atoms with Crippen molar-refractivity contribution in [2.75, 3.05) is 25.0 Å². The topological polar surface area (TPSA) is 102 Å². The molecular formula is C21H23N3O5S. The first-order valence-electron chi connectivity index (χ1n) is 9.70. The van der Waals surface area contributed by atoms with Crippen molar-refractivity contribution in [1.82, 2.24) is 4.90 Å². The molecule has 1 amide bonds. The number of likely N-dealkylation sites (N-methyl/N-ethyl adjacent to an activating group) is 1. The van der Waals surface area contributed by atoms with Gasteiger partial charge in [-0.25, -0.2) is 4.79 Å². The SMILES string of the molecule is CCOC(=O)c1c(NC(=O)C=Cc2ccc([N+](=O)[O-])cc2)sc2c1CCN(CC)C2. The molecule has 0 aliphatic carbocycles. The van der Waals surface area contributed by atoms with Crippen LogP contribution >= 0.6 is 11.3 Å². The summed E-state index contributed by atoms with van der Waals surface area (Å²) in [4.78, 5) is 38.6. The highest BCUT2D eigenvalue weighted by Crippen LogP contribution is 2.37. The Hall–Kier alpha value is -3.04. The standard InChI is InChI=1S/C21H23N3O5S/c1-3-23-12-11-16-17(13-23)30-20(19(16)21(26)29-4-2)22-18(25)10-7-14-5-8-15(9-6-14)24(27)28/h5-10H,3-4,11-13H2,1-2H3,(H,22,25). The highest BCUT2D eigenvalue weighted by Gasteiger charge is 2.28. The van der Waals surface area contributed by atoms with Crippen LogP contribution in [0.15, 0.2) is 30.3 Å². The Morgan fingerprint density at radius 3 is 2.67 bits per heavy atom. The summed E-state index contributed by atoms with van der Waals surface area (Å²) in [5.41, 5.74) is 2.05. The van der Waals surface area contributed by atoms with E-state index in [1.165, 1.54) is 29.5 Å². The smallest absolute Gasteiger partial charge is 0.341 e. The summed E-state index contributed by atoms with van der Waals surface area (Å²) in [6.07, 6.45) is 3.64. The number of non-ortho nitro benzene ring substituents is 1. The lowest BCUT2D eigenvalue weighted by atomic mass is 10.0. The molecule has 30 heavy (non-hydrogen) atoms. The molecule has 2 heterocycles. The van der Waals surface area contributed by atoms with E-state index in [9.17, 15) is 19.7 Å². The summed E-state index contributed by atoms with van der Waals surface area (Å²) in [5, 5.41) is 14.0. The predicted octanol–water partition coefficient (Wildman–Crippen LogP) is 3.86. The maximum absolute atomic E-state index is 12.5. The monoisotopic (exact) mass is 429 g/mol. The van der Waals surface area contributed by atoms with Crippen LogP contribution in [0.1, 0.15) is 40.2 Å². The van der Waals surface area contributed by atoms with Gasteiger partial charge in [-0.15, -0.1) is 11.3 Å². The number of benzene rings is 1. The van der Waals surface area contributed by atoms with E-state index < -0.39 is 10.9 Å². The van der Waals surface area contributed by atoms with E-state index in [4.69, 9.17) is 4.74 Å². The van der Waals surface area contributed by atoms with Crippen LogP contribution in [-0.4, -0.2) is 41.4 Å². The van der Waals surface area contributed by atoms with Crippen molar-refractivity contribution < 1.29 is 19.2 Å². The average Bonchev–Trinajstić information content (AvgIpc) is 3.09. The molecule has 158 valence electrons. The molecule has 8 nitrogen and oxygen atoms in total. The number of nitrogens with zero attached hydrogens (tertiary/aromatic N) is 2. The quantitative estimate of drug-likeness (QED) is 0.310. The summed E-state index contributed by atoms with van der Waals surface area (Å²) in [7, 11) is 0. The van der Waals surface area contributed by atoms with Gasteiger partial charge in [0.05, 0.1) is 17.1 Å². The van der Waals surface area contributed by atoms with Crippen LogP contribution < -0.4 is 5.32 Å². The second-order valence-corrected chi connectivity index (χ2v) is 7.82. The number of carbonyl (C=O) groups excluding carboxylic acids is 2. The largest absolute Gasteiger partial charge is 0.462 e. The van der Waals surface area contributed by atoms with E-state index in [-0.39, 0.29) is 18.2 Å². The van der Waals surface area contributed by atoms with E-state index >= 15 is 0 Å². The fourth-order valence-corrected chi connectivity index (χ4v) is 4.55. The molecule has 0 saturated heterocycles. The molecule has 1 N–H and O–H groups in total. The number of rotatable bonds is 7. The minimum Gasteiger partial charge on any atom is -0.462 e. The number of amides is 1. The van der Waals surface area contributed by atoms with Gasteiger partial charge in [0.25, 0.3) is 5.69 Å². The van der Waals surface area contributed by atoms with Gasteiger partial charge in [-0.1, -0.05) is 6.92 Å². The molecule has 3 rings (SSSR count). The molecule has 0 unspecified atom stereocenters. The average molecular weight is 429 g/mol. The summed E-state index contributed by atoms with van der Waals surface area (Å²) < 4.78 is 5.22. The number of nitro groups is 1. The molecule has 0 fully saturated rings. The molecule has 2 aromatic rings. The number of hydrogen-bond donors (Lipinski definition) is 1. The van der Waals surface area contributed by atoms with Gasteiger partial charge in [-0.3, -0.25) is 19.8 Å². The number of nitrogens with one attached hydrogen (secondary N) is 1. The van der Waals surface area contributed by atoms with Crippen molar-refractivity contribution in [3.8, 4) is 0 Å². The Morgan fingerprint density at radius 1 is 1.30 bits per heavy atom. The van der Waals surface area contributed by atoms with Crippen molar-refractivity contribution in [2.24, 2.45) is 0 Å². The minimum absolute atomic E-state index is 0.0130. The summed E-state index contributed by atoms with van der Waals surface area (Å²) >= 11 is 1.41. The molecule has 9 heteroatoms. The number of esters is 1. The molecule has 1 aliphatic heterocycles. The fraction of sp³-hybridized carbons (Fsp3) is 0.333. The Balaban J connectivity index is 1.79. The van der Waals surface area contributed by atoms with Gasteiger partial charge in [0.1, 0.15) is 5.00 Å². The van der Waals surface area contributed by atoms with E-state index in [1.807, 2.05) is 0 Å². The van der Waals surface area contributed by atoms with Gasteiger partial charge in [0.2, 0.25) is 5.91 Å². The zero-order valence-corrected chi connectivity index (χ0v) is 17.7. The first-order valence-corrected chi connectivity index (χ1v) is 10.5. The number of nitro benzene ring substituents is 1. The van der Waals surface area contributed by atoms with Crippen LogP contribution in [-0.2, 0) is 22.5 Å². The summed E-state index contributed by atoms with van der Waals surface area (Å²) in [6.45, 7) is 6.64. The van der Waals surface area contributed by atoms with Crippen LogP contribution in [0.2, 0.25) is 0 Å². The van der Waals surface area contributed by atoms with Crippen LogP contribution in [0.3, 0.4) is 0 Å². The minimum atomic E-state index is -0.477. The predicted molar refractivity (Wildman–Crippen MR) is 116 cm³/mol. The lowest BCUT2D eigenvalue weighted by molar-refractivity contribution is -0.384. The number of ether oxygens (including phenoxy) is 1. The lowest BCUT2D eigenvalue weighted by Gasteiger charge is -2.25. The molecular weight excluding hydrogens is 406 g/mol. The molecule has 0 bridgehead atoms. The van der Waals surface area contributed by atoms with Crippen molar-refractivity contribution in [2.45, 2.75) is 26.8 Å². The van der Waals surface area contributed by atoms with Gasteiger partial charge in [-0.2, -0.15) is 0 Å². The Kier molecular flexibility index (Phi) is 6.96. The molecule has 0 atom stereocenters. The van der Waals surface area contributed by atoms with E-state index in [0.717, 1.165) is 36.5 Å². The van der Waals surface area contributed by atoms with Gasteiger partial charge in [0.15, 0.2) is 0 Å². The van der Waals surface area contributed by atoms with Crippen molar-refractivity contribution in [1.29, 1.82) is 0 Å². The molecule has 0 radical (unpaired) electrons. The number of thiophene rings is 1. The van der Waals surface area contributed by atoms with Crippen molar-refractivity contribution in [3.63, 3.8) is 0 Å². The van der Waals surface area contributed by atoms with Crippen molar-refractivity contribution >= 4 is 40.0 Å². The highest BCUT2D eigenvalue weighted by molar-refractivity contribution is 7.17. The molecule has 0 spiro atoms. The fourth-order valence-electron chi connectivity index (χ4n) is 3.27. The second-order valence-electron chi connectivity index (χ2n) is 6.72. The highest BCUT2D eigenvalue weighted by atomic mass is 32.1. The zero-order valence-electron chi connectivity index (χ0n) is 16.8. The Labute approximate surface area is 178 Å². The number of anilines is 1. The summed E-state index contributed by atoms with van der Waals surface area (Å²) in [6, 6.07) is 5.89. The molecule has 1 aromatic heterocycles. The van der Waals surface area contributed by atoms with Gasteiger partial charge >= 0.3 is 5.97 Å². The Morgan fingerprint density at radius 2 is 2.03 bits per heavy atom. The maximum Gasteiger partial charge on any atom is 0.341 e. The Bertz CT molecular complexity index is 981. The van der Waals surface area contributed by atoms with E-state index in [0.29, 0.717) is 16.1 Å². The van der Waals surface area contributed by atoms with Gasteiger partial charge in [0, 0.05) is 36.2 Å². The van der Waals surface area contributed by atoms with Crippen LogP contribution in [0.4, 0.5) is 10.7 Å². The summed E-state index contributed by atoms with van der Waals surface area (Å²) in [5.74, 6) is -0.806. The van der Waals surface area contributed by atoms with Crippen LogP contribution in [0.25, 0.3) is 6.08 Å². The number of fused-ring (bicyclic) bond motifs is 1. The zero-order chi connectivity index (χ0) is 21.7. The third-order valence-corrected chi connectivity index (χ3v) is 5.96. The third kappa shape index (κ3) is 4.92. The first kappa shape index (κ1) is 21.7. The number of carbonyl (C=O) groups is 2. The molecule has 0 saturated carbocycles. The van der Waals surface area contributed by atoms with Crippen molar-refractivity contribution in [3.05, 3.63) is 62.0 Å². The molecule has 1 aliphatic rings. The van der Waals surface area contributed by atoms with Gasteiger partial charge < -0.3 is 10.1 Å². The normalized spacial score (nSPS) is 13.8. The lowest BCUT2D eigenvalue weighted by Crippen LogP contribution is -2.30. The first-order chi connectivity index (χ1) is 14.4. The maximum atomic E-state index is 12.5. The van der Waals surface area contributed by atoms with Crippen LogP contribution in [0.5, 0.6) is 0 Å². The second kappa shape index (κ2) is 9.64. The van der Waals surface area contributed by atoms with E-state index in [1.54, 1.807) is 25.1 Å². The third-order valence-electron chi connectivity index (χ3n) is 4.83. The molecule has 1 aromatic carbocycles. The van der Waals surface area contributed by atoms with E-state index in [2.05, 4.69) is 17.1 Å². The number of hydrogen-bond acceptors (Lipinski definition) is 7.